The number of hydrogen-bond donors (Lipinski definition) is 2. The summed E-state index contributed by atoms with van der Waals surface area (Å²) in [5, 5.41) is 0. The van der Waals surface area contributed by atoms with E-state index in [0.29, 0.717) is 19.8 Å². The molecule has 0 radical (unpaired) electrons. The molecule has 124 valence electrons. The van der Waals surface area contributed by atoms with Gasteiger partial charge in [-0.1, -0.05) is 12.1 Å². The van der Waals surface area contributed by atoms with E-state index in [0.717, 1.165) is 30.1 Å². The van der Waals surface area contributed by atoms with Crippen LogP contribution in [-0.2, 0) is 20.9 Å². The van der Waals surface area contributed by atoms with Crippen molar-refractivity contribution in [1.82, 2.24) is 4.72 Å². The molecule has 2 N–H and O–H groups in total. The Hall–Kier alpha value is -1.16. The maximum absolute atomic E-state index is 12.9. The fourth-order valence-electron chi connectivity index (χ4n) is 2.29. The average Bonchev–Trinajstić information content (AvgIpc) is 2.47. The molecule has 9 heteroatoms. The Balaban J connectivity index is 2.04. The molecule has 0 spiro atoms. The van der Waals surface area contributed by atoms with Crippen molar-refractivity contribution in [2.75, 3.05) is 39.4 Å². The summed E-state index contributed by atoms with van der Waals surface area (Å²) in [7, 11) is -4.19. The molecule has 2 rings (SSSR count). The summed E-state index contributed by atoms with van der Waals surface area (Å²) >= 11 is 0. The van der Waals surface area contributed by atoms with E-state index >= 15 is 0 Å². The number of benzene rings is 1. The van der Waals surface area contributed by atoms with Gasteiger partial charge in [0.1, 0.15) is 13.1 Å². The molecular weight excluding hydrogens is 321 g/mol. The van der Waals surface area contributed by atoms with Crippen molar-refractivity contribution in [3.8, 4) is 0 Å². The number of rotatable bonds is 5. The van der Waals surface area contributed by atoms with E-state index in [1.807, 2.05) is 0 Å². The number of alkyl halides is 3. The third-order valence-corrected chi connectivity index (χ3v) is 4.97. The van der Waals surface area contributed by atoms with Gasteiger partial charge in [0.15, 0.2) is 0 Å². The van der Waals surface area contributed by atoms with Crippen molar-refractivity contribution < 1.29 is 31.2 Å². The molecule has 22 heavy (non-hydrogen) atoms. The number of ether oxygens (including phenoxy) is 1. The maximum atomic E-state index is 12.9. The molecule has 0 amide bonds. The van der Waals surface area contributed by atoms with Crippen LogP contribution >= 0.6 is 0 Å². The van der Waals surface area contributed by atoms with Crippen molar-refractivity contribution in [2.24, 2.45) is 0 Å². The van der Waals surface area contributed by atoms with Gasteiger partial charge in [-0.15, -0.1) is 0 Å². The van der Waals surface area contributed by atoms with Crippen LogP contribution in [0.2, 0.25) is 0 Å². The minimum atomic E-state index is -4.71. The van der Waals surface area contributed by atoms with E-state index in [1.54, 1.807) is 0 Å². The minimum absolute atomic E-state index is 0.0872. The second-order valence-electron chi connectivity index (χ2n) is 5.00. The smallest absolute Gasteiger partial charge is 0.370 e. The molecule has 1 aromatic rings. The summed E-state index contributed by atoms with van der Waals surface area (Å²) in [4.78, 5) is 0.428. The number of sulfonamides is 1. The van der Waals surface area contributed by atoms with Gasteiger partial charge in [0.05, 0.1) is 36.8 Å². The summed E-state index contributed by atoms with van der Waals surface area (Å²) in [6.07, 6.45) is -4.71. The molecule has 0 aromatic heterocycles. The zero-order valence-electron chi connectivity index (χ0n) is 11.8. The summed E-state index contributed by atoms with van der Waals surface area (Å²) in [6, 6.07) is 4.17. The van der Waals surface area contributed by atoms with Crippen LogP contribution in [0.1, 0.15) is 5.56 Å². The van der Waals surface area contributed by atoms with Crippen molar-refractivity contribution in [1.29, 1.82) is 0 Å². The van der Waals surface area contributed by atoms with Crippen LogP contribution in [-0.4, -0.2) is 47.8 Å². The first kappa shape index (κ1) is 17.2. The van der Waals surface area contributed by atoms with Gasteiger partial charge in [0, 0.05) is 0 Å². The van der Waals surface area contributed by atoms with Crippen LogP contribution < -0.4 is 9.62 Å². The van der Waals surface area contributed by atoms with E-state index in [9.17, 15) is 21.6 Å². The molecule has 1 aliphatic heterocycles. The van der Waals surface area contributed by atoms with Gasteiger partial charge in [-0.2, -0.15) is 13.2 Å². The molecule has 1 aliphatic rings. The molecule has 1 heterocycles. The first-order chi connectivity index (χ1) is 10.3. The molecular formula is C13H18F3N2O3S+. The Morgan fingerprint density at radius 2 is 1.82 bits per heavy atom. The predicted octanol–water partition coefficient (Wildman–Crippen LogP) is -0.101. The Bertz CT molecular complexity index is 599. The highest BCUT2D eigenvalue weighted by atomic mass is 32.2. The molecule has 5 nitrogen and oxygen atoms in total. The number of halogens is 3. The fourth-order valence-corrected chi connectivity index (χ4v) is 3.54. The number of morpholine rings is 1. The third kappa shape index (κ3) is 4.42. The van der Waals surface area contributed by atoms with Gasteiger partial charge in [0.2, 0.25) is 10.0 Å². The lowest BCUT2D eigenvalue weighted by Gasteiger charge is -2.23. The van der Waals surface area contributed by atoms with Gasteiger partial charge < -0.3 is 9.64 Å². The summed E-state index contributed by atoms with van der Waals surface area (Å²) < 4.78 is 70.3. The second-order valence-corrected chi connectivity index (χ2v) is 6.74. The zero-order valence-corrected chi connectivity index (χ0v) is 12.6. The largest absolute Gasteiger partial charge is 0.417 e. The molecule has 0 unspecified atom stereocenters. The fraction of sp³-hybridized carbons (Fsp3) is 0.538. The Morgan fingerprint density at radius 1 is 1.18 bits per heavy atom. The highest BCUT2D eigenvalue weighted by Gasteiger charge is 2.36. The van der Waals surface area contributed by atoms with Crippen molar-refractivity contribution in [3.63, 3.8) is 0 Å². The van der Waals surface area contributed by atoms with E-state index in [1.165, 1.54) is 12.1 Å². The van der Waals surface area contributed by atoms with Crippen LogP contribution in [0.15, 0.2) is 29.2 Å². The highest BCUT2D eigenvalue weighted by molar-refractivity contribution is 7.89. The molecule has 0 saturated carbocycles. The first-order valence-corrected chi connectivity index (χ1v) is 8.36. The van der Waals surface area contributed by atoms with Crippen molar-refractivity contribution in [3.05, 3.63) is 29.8 Å². The SMILES string of the molecule is O=S(=O)(NCC[NH+]1CCOCC1)c1ccccc1C(F)(F)F. The first-order valence-electron chi connectivity index (χ1n) is 6.88. The quantitative estimate of drug-likeness (QED) is 0.788. The molecule has 0 bridgehead atoms. The van der Waals surface area contributed by atoms with Crippen LogP contribution in [0.4, 0.5) is 13.2 Å². The summed E-state index contributed by atoms with van der Waals surface area (Å²) in [6.45, 7) is 3.35. The lowest BCUT2D eigenvalue weighted by molar-refractivity contribution is -0.906. The van der Waals surface area contributed by atoms with Gasteiger partial charge in [-0.3, -0.25) is 0 Å². The Labute approximate surface area is 127 Å². The number of quaternary nitrogens is 1. The summed E-state index contributed by atoms with van der Waals surface area (Å²) in [5.74, 6) is 0. The van der Waals surface area contributed by atoms with Gasteiger partial charge in [-0.05, 0) is 12.1 Å². The van der Waals surface area contributed by atoms with E-state index in [-0.39, 0.29) is 6.54 Å². The lowest BCUT2D eigenvalue weighted by Crippen LogP contribution is -3.14. The standard InChI is InChI=1S/C13H17F3N2O3S/c14-13(15,16)11-3-1-2-4-12(11)22(19,20)17-5-6-18-7-9-21-10-8-18/h1-4,17H,5-10H2/p+1. The Morgan fingerprint density at radius 3 is 2.45 bits per heavy atom. The lowest BCUT2D eigenvalue weighted by atomic mass is 10.2. The average molecular weight is 339 g/mol. The Kier molecular flexibility index (Phi) is 5.43. The third-order valence-electron chi connectivity index (χ3n) is 3.45. The molecule has 1 fully saturated rings. The van der Waals surface area contributed by atoms with Gasteiger partial charge >= 0.3 is 6.18 Å². The monoisotopic (exact) mass is 339 g/mol. The highest BCUT2D eigenvalue weighted by Crippen LogP contribution is 2.33. The molecule has 1 saturated heterocycles. The van der Waals surface area contributed by atoms with Crippen LogP contribution in [0.5, 0.6) is 0 Å². The van der Waals surface area contributed by atoms with Crippen molar-refractivity contribution in [2.45, 2.75) is 11.1 Å². The number of hydrogen-bond acceptors (Lipinski definition) is 3. The van der Waals surface area contributed by atoms with Crippen LogP contribution in [0.25, 0.3) is 0 Å². The summed E-state index contributed by atoms with van der Waals surface area (Å²) in [5.41, 5.74) is -1.15. The van der Waals surface area contributed by atoms with Gasteiger partial charge in [-0.25, -0.2) is 13.1 Å². The normalized spacial score (nSPS) is 17.6. The minimum Gasteiger partial charge on any atom is -0.370 e. The molecule has 0 atom stereocenters. The zero-order chi connectivity index (χ0) is 16.2. The van der Waals surface area contributed by atoms with E-state index < -0.39 is 26.7 Å². The molecule has 1 aromatic carbocycles. The van der Waals surface area contributed by atoms with E-state index in [4.69, 9.17) is 4.74 Å². The topological polar surface area (TPSA) is 59.8 Å². The maximum Gasteiger partial charge on any atom is 0.417 e. The predicted molar refractivity (Wildman–Crippen MR) is 73.0 cm³/mol. The van der Waals surface area contributed by atoms with Crippen LogP contribution in [0.3, 0.4) is 0 Å². The molecule has 0 aliphatic carbocycles. The van der Waals surface area contributed by atoms with Crippen molar-refractivity contribution >= 4 is 10.0 Å². The van der Waals surface area contributed by atoms with E-state index in [2.05, 4.69) is 4.72 Å². The van der Waals surface area contributed by atoms with Crippen LogP contribution in [0, 0.1) is 0 Å². The second kappa shape index (κ2) is 6.95. The number of nitrogens with one attached hydrogen (secondary N) is 2. The van der Waals surface area contributed by atoms with Gasteiger partial charge in [0.25, 0.3) is 0 Å².